The third-order valence-corrected chi connectivity index (χ3v) is 3.54. The molecule has 0 saturated carbocycles. The molecular formula is C12H15ClO. The van der Waals surface area contributed by atoms with E-state index in [9.17, 15) is 5.11 Å². The minimum atomic E-state index is -0.309. The second-order valence-corrected chi connectivity index (χ2v) is 4.51. The Morgan fingerprint density at radius 3 is 2.86 bits per heavy atom. The molecule has 0 amide bonds. The maximum Gasteiger partial charge on any atom is 0.0796 e. The van der Waals surface area contributed by atoms with Crippen molar-refractivity contribution in [1.82, 2.24) is 0 Å². The highest BCUT2D eigenvalue weighted by atomic mass is 35.5. The monoisotopic (exact) mass is 210 g/mol. The summed E-state index contributed by atoms with van der Waals surface area (Å²) in [7, 11) is 0. The van der Waals surface area contributed by atoms with Crippen LogP contribution < -0.4 is 0 Å². The van der Waals surface area contributed by atoms with Crippen molar-refractivity contribution in [2.24, 2.45) is 0 Å². The topological polar surface area (TPSA) is 20.2 Å². The molecule has 1 aromatic rings. The molecule has 0 heterocycles. The van der Waals surface area contributed by atoms with Crippen molar-refractivity contribution < 1.29 is 5.11 Å². The Hall–Kier alpha value is -0.530. The Morgan fingerprint density at radius 1 is 1.43 bits per heavy atom. The van der Waals surface area contributed by atoms with Crippen molar-refractivity contribution in [3.05, 3.63) is 33.3 Å². The summed E-state index contributed by atoms with van der Waals surface area (Å²) in [5, 5.41) is 10.7. The zero-order chi connectivity index (χ0) is 10.3. The van der Waals surface area contributed by atoms with Crippen LogP contribution in [0.1, 0.15) is 41.2 Å². The maximum atomic E-state index is 9.93. The smallest absolute Gasteiger partial charge is 0.0796 e. The van der Waals surface area contributed by atoms with Gasteiger partial charge in [0.1, 0.15) is 0 Å². The molecule has 0 aromatic heterocycles. The van der Waals surface area contributed by atoms with E-state index in [4.69, 9.17) is 11.6 Å². The van der Waals surface area contributed by atoms with Crippen LogP contribution in [0.4, 0.5) is 0 Å². The number of rotatable bonds is 0. The standard InChI is InChI=1S/C12H15ClO/c1-7-6-10(13)8(2)12-9(7)4-3-5-11(12)14/h6,11,14H,3-5H2,1-2H3/t11-/m0/s1. The molecule has 0 saturated heterocycles. The van der Waals surface area contributed by atoms with E-state index in [1.165, 1.54) is 11.1 Å². The van der Waals surface area contributed by atoms with Crippen LogP contribution >= 0.6 is 11.6 Å². The van der Waals surface area contributed by atoms with Gasteiger partial charge in [-0.3, -0.25) is 0 Å². The van der Waals surface area contributed by atoms with E-state index in [0.717, 1.165) is 35.4 Å². The molecule has 2 heteroatoms. The first-order chi connectivity index (χ1) is 6.61. The molecule has 14 heavy (non-hydrogen) atoms. The van der Waals surface area contributed by atoms with Crippen LogP contribution in [0.2, 0.25) is 5.02 Å². The number of benzene rings is 1. The van der Waals surface area contributed by atoms with Crippen molar-refractivity contribution in [3.8, 4) is 0 Å². The molecule has 2 rings (SSSR count). The molecule has 0 unspecified atom stereocenters. The lowest BCUT2D eigenvalue weighted by Gasteiger charge is -2.25. The van der Waals surface area contributed by atoms with Crippen molar-refractivity contribution in [1.29, 1.82) is 0 Å². The van der Waals surface area contributed by atoms with E-state index in [0.29, 0.717) is 0 Å². The van der Waals surface area contributed by atoms with Crippen LogP contribution in [0, 0.1) is 13.8 Å². The van der Waals surface area contributed by atoms with E-state index in [2.05, 4.69) is 6.92 Å². The van der Waals surface area contributed by atoms with E-state index in [-0.39, 0.29) is 6.10 Å². The van der Waals surface area contributed by atoms with Gasteiger partial charge in [-0.2, -0.15) is 0 Å². The molecule has 1 aliphatic carbocycles. The number of aliphatic hydroxyl groups excluding tert-OH is 1. The van der Waals surface area contributed by atoms with Gasteiger partial charge in [-0.25, -0.2) is 0 Å². The highest BCUT2D eigenvalue weighted by molar-refractivity contribution is 6.31. The van der Waals surface area contributed by atoms with Gasteiger partial charge in [0.15, 0.2) is 0 Å². The van der Waals surface area contributed by atoms with Crippen LogP contribution in [-0.2, 0) is 6.42 Å². The SMILES string of the molecule is Cc1cc(Cl)c(C)c2c1CCC[C@@H]2O. The van der Waals surface area contributed by atoms with Gasteiger partial charge in [0.25, 0.3) is 0 Å². The number of fused-ring (bicyclic) bond motifs is 1. The predicted octanol–water partition coefficient (Wildman–Crippen LogP) is 3.33. The molecule has 0 aliphatic heterocycles. The second kappa shape index (κ2) is 3.56. The number of hydrogen-bond donors (Lipinski definition) is 1. The van der Waals surface area contributed by atoms with Crippen molar-refractivity contribution >= 4 is 11.6 Å². The van der Waals surface area contributed by atoms with Gasteiger partial charge in [0.2, 0.25) is 0 Å². The Kier molecular flexibility index (Phi) is 2.54. The lowest BCUT2D eigenvalue weighted by Crippen LogP contribution is -2.12. The third kappa shape index (κ3) is 1.45. The summed E-state index contributed by atoms with van der Waals surface area (Å²) in [6.45, 7) is 4.07. The summed E-state index contributed by atoms with van der Waals surface area (Å²) in [6.07, 6.45) is 2.72. The number of aryl methyl sites for hydroxylation is 1. The Bertz CT molecular complexity index is 371. The molecule has 0 spiro atoms. The Balaban J connectivity index is 2.67. The van der Waals surface area contributed by atoms with E-state index < -0.39 is 0 Å². The Morgan fingerprint density at radius 2 is 2.14 bits per heavy atom. The summed E-state index contributed by atoms with van der Waals surface area (Å²) in [5.74, 6) is 0. The van der Waals surface area contributed by atoms with E-state index in [1.807, 2.05) is 13.0 Å². The molecule has 76 valence electrons. The van der Waals surface area contributed by atoms with Gasteiger partial charge >= 0.3 is 0 Å². The molecule has 1 aliphatic rings. The van der Waals surface area contributed by atoms with Gasteiger partial charge in [-0.1, -0.05) is 11.6 Å². The fraction of sp³-hybridized carbons (Fsp3) is 0.500. The number of halogens is 1. The third-order valence-electron chi connectivity index (χ3n) is 3.14. The lowest BCUT2D eigenvalue weighted by molar-refractivity contribution is 0.155. The first-order valence-electron chi connectivity index (χ1n) is 5.08. The molecular weight excluding hydrogens is 196 g/mol. The van der Waals surface area contributed by atoms with Gasteiger partial charge in [-0.05, 0) is 61.4 Å². The zero-order valence-corrected chi connectivity index (χ0v) is 9.36. The van der Waals surface area contributed by atoms with Crippen LogP contribution in [0.25, 0.3) is 0 Å². The summed E-state index contributed by atoms with van der Waals surface area (Å²) < 4.78 is 0. The quantitative estimate of drug-likeness (QED) is 0.697. The van der Waals surface area contributed by atoms with E-state index in [1.54, 1.807) is 0 Å². The normalized spacial score (nSPS) is 20.7. The number of aliphatic hydroxyl groups is 1. The van der Waals surface area contributed by atoms with Crippen LogP contribution in [-0.4, -0.2) is 5.11 Å². The lowest BCUT2D eigenvalue weighted by atomic mass is 9.84. The van der Waals surface area contributed by atoms with Gasteiger partial charge in [0.05, 0.1) is 6.10 Å². The molecule has 1 N–H and O–H groups in total. The van der Waals surface area contributed by atoms with Crippen LogP contribution in [0.3, 0.4) is 0 Å². The van der Waals surface area contributed by atoms with Crippen molar-refractivity contribution in [2.75, 3.05) is 0 Å². The maximum absolute atomic E-state index is 9.93. The fourth-order valence-electron chi connectivity index (χ4n) is 2.35. The minimum Gasteiger partial charge on any atom is -0.388 e. The summed E-state index contributed by atoms with van der Waals surface area (Å²) in [4.78, 5) is 0. The molecule has 0 fully saturated rings. The van der Waals surface area contributed by atoms with Crippen LogP contribution in [0.5, 0.6) is 0 Å². The highest BCUT2D eigenvalue weighted by Crippen LogP contribution is 2.37. The Labute approximate surface area is 89.7 Å². The molecule has 1 aromatic carbocycles. The minimum absolute atomic E-state index is 0.309. The van der Waals surface area contributed by atoms with Crippen molar-refractivity contribution in [2.45, 2.75) is 39.2 Å². The van der Waals surface area contributed by atoms with Gasteiger partial charge < -0.3 is 5.11 Å². The highest BCUT2D eigenvalue weighted by Gasteiger charge is 2.22. The zero-order valence-electron chi connectivity index (χ0n) is 8.60. The average Bonchev–Trinajstić information content (AvgIpc) is 2.14. The molecule has 0 bridgehead atoms. The number of hydrogen-bond acceptors (Lipinski definition) is 1. The van der Waals surface area contributed by atoms with Gasteiger partial charge in [0, 0.05) is 5.02 Å². The fourth-order valence-corrected chi connectivity index (χ4v) is 2.62. The second-order valence-electron chi connectivity index (χ2n) is 4.10. The van der Waals surface area contributed by atoms with Crippen molar-refractivity contribution in [3.63, 3.8) is 0 Å². The van der Waals surface area contributed by atoms with E-state index >= 15 is 0 Å². The summed E-state index contributed by atoms with van der Waals surface area (Å²) >= 11 is 6.11. The average molecular weight is 211 g/mol. The summed E-state index contributed by atoms with van der Waals surface area (Å²) in [5.41, 5.74) is 4.67. The summed E-state index contributed by atoms with van der Waals surface area (Å²) in [6, 6.07) is 2.01. The molecule has 1 nitrogen and oxygen atoms in total. The molecule has 0 radical (unpaired) electrons. The largest absolute Gasteiger partial charge is 0.388 e. The predicted molar refractivity (Wildman–Crippen MR) is 58.8 cm³/mol. The van der Waals surface area contributed by atoms with Gasteiger partial charge in [-0.15, -0.1) is 0 Å². The first kappa shape index (κ1) is 10.0. The first-order valence-corrected chi connectivity index (χ1v) is 5.45. The molecule has 1 atom stereocenters. The van der Waals surface area contributed by atoms with Crippen LogP contribution in [0.15, 0.2) is 6.07 Å².